The molecule has 1 aromatic rings. The minimum absolute atomic E-state index is 0.0823. The summed E-state index contributed by atoms with van der Waals surface area (Å²) in [7, 11) is -8.22. The van der Waals surface area contributed by atoms with Gasteiger partial charge in [-0.25, -0.2) is 0 Å². The monoisotopic (exact) mass is 597 g/mol. The third kappa shape index (κ3) is 10.8. The molecule has 1 heterocycles. The van der Waals surface area contributed by atoms with E-state index in [1.165, 1.54) is 0 Å². The maximum Gasteiger partial charge on any atom is 0.264 e. The van der Waals surface area contributed by atoms with Crippen molar-refractivity contribution in [1.29, 1.82) is 0 Å². The summed E-state index contributed by atoms with van der Waals surface area (Å²) in [6.07, 6.45) is 5.59. The minimum Gasteiger partial charge on any atom is -0.345 e. The quantitative estimate of drug-likeness (QED) is 0.0762. The molecule has 0 saturated carbocycles. The number of amides is 2. The topological polar surface area (TPSA) is 179 Å². The van der Waals surface area contributed by atoms with E-state index in [1.54, 1.807) is 62.1 Å². The Kier molecular flexibility index (Phi) is 11.9. The SMILES string of the molecule is CC(/C=C/C=C(\C)N(CCCS(=O)(=O)O)c1cccc(C(=O)CN2C(=O)CCC2=O)c1C)=NCCCS(=O)(=O)O. The third-order valence-electron chi connectivity index (χ3n) is 6.16. The zero-order valence-electron chi connectivity index (χ0n) is 22.7. The molecule has 14 heteroatoms. The molecule has 0 spiro atoms. The molecule has 0 radical (unpaired) electrons. The van der Waals surface area contributed by atoms with Crippen LogP contribution in [0, 0.1) is 6.92 Å². The van der Waals surface area contributed by atoms with Gasteiger partial charge in [0.1, 0.15) is 0 Å². The Balaban J connectivity index is 2.28. The molecular formula is C26H35N3O9S2. The van der Waals surface area contributed by atoms with Crippen LogP contribution < -0.4 is 4.90 Å². The summed E-state index contributed by atoms with van der Waals surface area (Å²) in [6, 6.07) is 5.02. The first-order chi connectivity index (χ1) is 18.6. The van der Waals surface area contributed by atoms with Gasteiger partial charge in [-0.15, -0.1) is 0 Å². The van der Waals surface area contributed by atoms with Gasteiger partial charge in [-0.2, -0.15) is 16.8 Å². The fourth-order valence-electron chi connectivity index (χ4n) is 4.11. The Morgan fingerprint density at radius 2 is 1.62 bits per heavy atom. The molecule has 2 N–H and O–H groups in total. The van der Waals surface area contributed by atoms with Crippen molar-refractivity contribution >= 4 is 49.2 Å². The van der Waals surface area contributed by atoms with E-state index in [1.807, 2.05) is 0 Å². The van der Waals surface area contributed by atoms with E-state index >= 15 is 0 Å². The number of likely N-dealkylation sites (tertiary alicyclic amines) is 1. The number of carbonyl (C=O) groups is 3. The molecule has 1 saturated heterocycles. The number of allylic oxidation sites excluding steroid dienone is 4. The molecule has 40 heavy (non-hydrogen) atoms. The largest absolute Gasteiger partial charge is 0.345 e. The van der Waals surface area contributed by atoms with Gasteiger partial charge in [-0.05, 0) is 57.4 Å². The molecule has 0 bridgehead atoms. The van der Waals surface area contributed by atoms with Gasteiger partial charge in [-0.1, -0.05) is 18.2 Å². The summed E-state index contributed by atoms with van der Waals surface area (Å²) in [5.41, 5.74) is 2.81. The number of imide groups is 1. The van der Waals surface area contributed by atoms with Crippen molar-refractivity contribution < 1.29 is 40.3 Å². The standard InChI is InChI=1S/C26H35N3O9S2/c1-19(27-14-6-16-39(33,34)35)8-4-9-20(2)28(15-7-17-40(36,37)38)23-11-5-10-22(21(23)3)24(30)18-29-25(31)12-13-26(29)32/h4-5,8-11H,6-7,12-18H2,1-3H3,(H,33,34,35)(H,36,37,38)/b8-4+,20-9+,27-19?. The second-order valence-corrected chi connectivity index (χ2v) is 12.5. The van der Waals surface area contributed by atoms with Gasteiger partial charge in [0.15, 0.2) is 5.78 Å². The summed E-state index contributed by atoms with van der Waals surface area (Å²) in [6.45, 7) is 5.29. The molecule has 0 atom stereocenters. The van der Waals surface area contributed by atoms with E-state index < -0.39 is 31.8 Å². The lowest BCUT2D eigenvalue weighted by Crippen LogP contribution is -2.34. The highest BCUT2D eigenvalue weighted by atomic mass is 32.2. The molecule has 0 unspecified atom stereocenters. The highest BCUT2D eigenvalue weighted by Crippen LogP contribution is 2.28. The van der Waals surface area contributed by atoms with Crippen LogP contribution in [0.1, 0.15) is 55.5 Å². The first kappa shape index (κ1) is 33.0. The summed E-state index contributed by atoms with van der Waals surface area (Å²) in [5, 5.41) is 0. The van der Waals surface area contributed by atoms with Crippen LogP contribution in [0.3, 0.4) is 0 Å². The first-order valence-corrected chi connectivity index (χ1v) is 15.8. The lowest BCUT2D eigenvalue weighted by molar-refractivity contribution is -0.137. The van der Waals surface area contributed by atoms with Gasteiger partial charge in [0, 0.05) is 48.6 Å². The Labute approximate surface area is 235 Å². The van der Waals surface area contributed by atoms with Crippen molar-refractivity contribution in [2.75, 3.05) is 36.0 Å². The zero-order chi connectivity index (χ0) is 30.1. The van der Waals surface area contributed by atoms with Crippen LogP contribution in [0.15, 0.2) is 47.1 Å². The summed E-state index contributed by atoms with van der Waals surface area (Å²) in [4.78, 5) is 44.0. The number of ketones is 1. The van der Waals surface area contributed by atoms with Crippen LogP contribution in [-0.2, 0) is 29.8 Å². The van der Waals surface area contributed by atoms with E-state index in [0.29, 0.717) is 28.2 Å². The number of rotatable bonds is 15. The van der Waals surface area contributed by atoms with E-state index in [-0.39, 0.29) is 62.9 Å². The second kappa shape index (κ2) is 14.4. The van der Waals surface area contributed by atoms with Crippen LogP contribution in [0.4, 0.5) is 5.69 Å². The Morgan fingerprint density at radius 3 is 2.23 bits per heavy atom. The lowest BCUT2D eigenvalue weighted by Gasteiger charge is -2.28. The van der Waals surface area contributed by atoms with Crippen LogP contribution >= 0.6 is 0 Å². The van der Waals surface area contributed by atoms with Crippen LogP contribution in [-0.4, -0.2) is 85.3 Å². The number of anilines is 1. The molecule has 12 nitrogen and oxygen atoms in total. The Hall–Kier alpha value is -3.20. The van der Waals surface area contributed by atoms with Crippen LogP contribution in [0.2, 0.25) is 0 Å². The summed E-state index contributed by atoms with van der Waals surface area (Å²) < 4.78 is 62.2. The van der Waals surface area contributed by atoms with Crippen molar-refractivity contribution in [3.8, 4) is 0 Å². The number of Topliss-reactive ketones (excluding diaryl/α,β-unsaturated/α-hetero) is 1. The molecule has 1 fully saturated rings. The van der Waals surface area contributed by atoms with Gasteiger partial charge in [0.05, 0.1) is 18.1 Å². The van der Waals surface area contributed by atoms with Gasteiger partial charge in [0.25, 0.3) is 20.2 Å². The van der Waals surface area contributed by atoms with Crippen molar-refractivity contribution in [1.82, 2.24) is 4.90 Å². The van der Waals surface area contributed by atoms with Gasteiger partial charge >= 0.3 is 0 Å². The number of nitrogens with zero attached hydrogens (tertiary/aromatic N) is 3. The smallest absolute Gasteiger partial charge is 0.264 e. The molecule has 2 rings (SSSR count). The van der Waals surface area contributed by atoms with E-state index in [2.05, 4.69) is 4.99 Å². The lowest BCUT2D eigenvalue weighted by atomic mass is 10.0. The zero-order valence-corrected chi connectivity index (χ0v) is 24.4. The van der Waals surface area contributed by atoms with E-state index in [0.717, 1.165) is 4.90 Å². The maximum atomic E-state index is 13.0. The highest BCUT2D eigenvalue weighted by molar-refractivity contribution is 7.86. The number of aliphatic imine (C=N–C) groups is 1. The molecule has 0 aromatic heterocycles. The average Bonchev–Trinajstić information content (AvgIpc) is 3.15. The first-order valence-electron chi connectivity index (χ1n) is 12.6. The Morgan fingerprint density at radius 1 is 1.02 bits per heavy atom. The van der Waals surface area contributed by atoms with Crippen LogP contribution in [0.5, 0.6) is 0 Å². The van der Waals surface area contributed by atoms with Crippen molar-refractivity contribution in [3.05, 3.63) is 53.3 Å². The predicted octanol–water partition coefficient (Wildman–Crippen LogP) is 2.61. The molecule has 220 valence electrons. The molecule has 1 aromatic carbocycles. The maximum absolute atomic E-state index is 13.0. The Bertz CT molecular complexity index is 1410. The normalized spacial score (nSPS) is 15.4. The van der Waals surface area contributed by atoms with Gasteiger partial charge in [-0.3, -0.25) is 33.4 Å². The molecule has 0 aliphatic carbocycles. The summed E-state index contributed by atoms with van der Waals surface area (Å²) >= 11 is 0. The number of hydrogen-bond donors (Lipinski definition) is 2. The van der Waals surface area contributed by atoms with E-state index in [9.17, 15) is 35.8 Å². The summed E-state index contributed by atoms with van der Waals surface area (Å²) in [5.74, 6) is -2.01. The average molecular weight is 598 g/mol. The number of benzene rings is 1. The fourth-order valence-corrected chi connectivity index (χ4v) is 5.10. The minimum atomic E-state index is -4.18. The molecule has 1 aliphatic heterocycles. The molecule has 2 amide bonds. The highest BCUT2D eigenvalue weighted by Gasteiger charge is 2.31. The third-order valence-corrected chi connectivity index (χ3v) is 7.77. The van der Waals surface area contributed by atoms with Gasteiger partial charge < -0.3 is 4.90 Å². The van der Waals surface area contributed by atoms with Crippen molar-refractivity contribution in [3.63, 3.8) is 0 Å². The van der Waals surface area contributed by atoms with Gasteiger partial charge in [0.2, 0.25) is 11.8 Å². The molecule has 1 aliphatic rings. The number of carbonyl (C=O) groups excluding carboxylic acids is 3. The second-order valence-electron chi connectivity index (χ2n) is 9.37. The molecular weight excluding hydrogens is 562 g/mol. The van der Waals surface area contributed by atoms with Crippen LogP contribution in [0.25, 0.3) is 0 Å². The van der Waals surface area contributed by atoms with Crippen molar-refractivity contribution in [2.45, 2.75) is 46.5 Å². The van der Waals surface area contributed by atoms with E-state index in [4.69, 9.17) is 4.55 Å². The number of hydrogen-bond acceptors (Lipinski definition) is 9. The van der Waals surface area contributed by atoms with Crippen molar-refractivity contribution in [2.24, 2.45) is 4.99 Å². The predicted molar refractivity (Wildman–Crippen MR) is 152 cm³/mol. The fraction of sp³-hybridized carbons (Fsp3) is 0.462.